The van der Waals surface area contributed by atoms with E-state index in [1.54, 1.807) is 12.2 Å². The first kappa shape index (κ1) is 6.63. The lowest BCUT2D eigenvalue weighted by Crippen LogP contribution is -1.59. The van der Waals surface area contributed by atoms with Crippen LogP contribution in [0.25, 0.3) is 0 Å². The summed E-state index contributed by atoms with van der Waals surface area (Å²) in [4.78, 5) is 0. The van der Waals surface area contributed by atoms with Crippen LogP contribution in [0.1, 0.15) is 0 Å². The Labute approximate surface area is 51.4 Å². The molecule has 0 saturated heterocycles. The van der Waals surface area contributed by atoms with Crippen LogP contribution in [0.15, 0.2) is 23.2 Å². The lowest BCUT2D eigenvalue weighted by Gasteiger charge is -1.76. The molecular formula is C5H6BrN. The summed E-state index contributed by atoms with van der Waals surface area (Å²) >= 11 is 3.13. The molecule has 0 radical (unpaired) electrons. The van der Waals surface area contributed by atoms with E-state index < -0.39 is 0 Å². The highest BCUT2D eigenvalue weighted by atomic mass is 79.9. The van der Waals surface area contributed by atoms with Crippen LogP contribution in [0.3, 0.4) is 0 Å². The Hall–Kier alpha value is -0.370. The van der Waals surface area contributed by atoms with Gasteiger partial charge >= 0.3 is 0 Å². The van der Waals surface area contributed by atoms with Gasteiger partial charge in [-0.2, -0.15) is 0 Å². The van der Waals surface area contributed by atoms with Gasteiger partial charge in [-0.05, 0) is 6.08 Å². The van der Waals surface area contributed by atoms with Gasteiger partial charge < -0.3 is 5.41 Å². The van der Waals surface area contributed by atoms with Crippen molar-refractivity contribution in [1.29, 1.82) is 5.41 Å². The highest BCUT2D eigenvalue weighted by Gasteiger charge is 1.72. The number of nitrogens with one attached hydrogen (secondary N) is 1. The maximum absolute atomic E-state index is 6.56. The average molecular weight is 160 g/mol. The predicted molar refractivity (Wildman–Crippen MR) is 36.0 cm³/mol. The molecule has 0 atom stereocenters. The standard InChI is InChI=1S/C5H6BrN/c1-2-5(6)3-4-7/h2-4,7H,1H2/b5-3+,7-4?. The topological polar surface area (TPSA) is 23.9 Å². The molecule has 0 aromatic carbocycles. The first-order valence-electron chi connectivity index (χ1n) is 1.80. The average Bonchev–Trinajstić information content (AvgIpc) is 1.68. The molecule has 0 amide bonds. The van der Waals surface area contributed by atoms with Crippen LogP contribution in [0, 0.1) is 5.41 Å². The van der Waals surface area contributed by atoms with E-state index in [0.717, 1.165) is 4.48 Å². The van der Waals surface area contributed by atoms with E-state index in [9.17, 15) is 0 Å². The maximum atomic E-state index is 6.56. The zero-order chi connectivity index (χ0) is 5.70. The van der Waals surface area contributed by atoms with Gasteiger partial charge in [0.25, 0.3) is 0 Å². The number of hydrogen-bond acceptors (Lipinski definition) is 1. The normalized spacial score (nSPS) is 10.7. The Morgan fingerprint density at radius 3 is 2.43 bits per heavy atom. The summed E-state index contributed by atoms with van der Waals surface area (Å²) in [5.74, 6) is 0. The lowest BCUT2D eigenvalue weighted by atomic mass is 10.5. The van der Waals surface area contributed by atoms with E-state index in [1.807, 2.05) is 0 Å². The molecule has 0 spiro atoms. The third-order valence-corrected chi connectivity index (χ3v) is 1.03. The van der Waals surface area contributed by atoms with Gasteiger partial charge in [-0.1, -0.05) is 28.6 Å². The highest BCUT2D eigenvalue weighted by molar-refractivity contribution is 9.11. The van der Waals surface area contributed by atoms with Crippen molar-refractivity contribution >= 4 is 22.1 Å². The van der Waals surface area contributed by atoms with Gasteiger partial charge in [0.1, 0.15) is 0 Å². The summed E-state index contributed by atoms with van der Waals surface area (Å²) in [6, 6.07) is 0. The molecule has 0 fully saturated rings. The van der Waals surface area contributed by atoms with Crippen LogP contribution in [0.4, 0.5) is 0 Å². The summed E-state index contributed by atoms with van der Waals surface area (Å²) in [6.07, 6.45) is 4.43. The van der Waals surface area contributed by atoms with Crippen molar-refractivity contribution in [3.8, 4) is 0 Å². The van der Waals surface area contributed by atoms with Crippen LogP contribution in [0.5, 0.6) is 0 Å². The molecule has 0 aromatic rings. The van der Waals surface area contributed by atoms with Gasteiger partial charge in [-0.15, -0.1) is 0 Å². The minimum atomic E-state index is 0.836. The minimum Gasteiger partial charge on any atom is -0.309 e. The van der Waals surface area contributed by atoms with Crippen molar-refractivity contribution in [3.63, 3.8) is 0 Å². The second-order valence-corrected chi connectivity index (χ2v) is 1.84. The molecule has 1 nitrogen and oxygen atoms in total. The van der Waals surface area contributed by atoms with E-state index in [4.69, 9.17) is 5.41 Å². The van der Waals surface area contributed by atoms with E-state index in [2.05, 4.69) is 22.5 Å². The van der Waals surface area contributed by atoms with Crippen LogP contribution < -0.4 is 0 Å². The van der Waals surface area contributed by atoms with E-state index in [1.165, 1.54) is 6.21 Å². The molecule has 0 bridgehead atoms. The fraction of sp³-hybridized carbons (Fsp3) is 0. The molecule has 2 heteroatoms. The minimum absolute atomic E-state index is 0.836. The molecule has 7 heavy (non-hydrogen) atoms. The molecule has 0 aliphatic rings. The molecule has 0 unspecified atom stereocenters. The van der Waals surface area contributed by atoms with Crippen molar-refractivity contribution in [2.45, 2.75) is 0 Å². The Balaban J connectivity index is 3.72. The van der Waals surface area contributed by atoms with Crippen LogP contribution >= 0.6 is 15.9 Å². The van der Waals surface area contributed by atoms with Crippen molar-refractivity contribution in [2.24, 2.45) is 0 Å². The zero-order valence-corrected chi connectivity index (χ0v) is 5.40. The zero-order valence-electron chi connectivity index (χ0n) is 3.82. The third-order valence-electron chi connectivity index (χ3n) is 0.438. The van der Waals surface area contributed by atoms with Gasteiger partial charge in [-0.25, -0.2) is 0 Å². The van der Waals surface area contributed by atoms with E-state index in [-0.39, 0.29) is 0 Å². The highest BCUT2D eigenvalue weighted by Crippen LogP contribution is 2.01. The Bertz CT molecular complexity index is 105. The molecule has 0 aliphatic heterocycles. The maximum Gasteiger partial charge on any atom is 0.0188 e. The quantitative estimate of drug-likeness (QED) is 0.472. The van der Waals surface area contributed by atoms with Crippen molar-refractivity contribution in [1.82, 2.24) is 0 Å². The molecule has 0 aliphatic carbocycles. The number of hydrogen-bond donors (Lipinski definition) is 1. The smallest absolute Gasteiger partial charge is 0.0188 e. The molecule has 0 heterocycles. The monoisotopic (exact) mass is 159 g/mol. The summed E-state index contributed by atoms with van der Waals surface area (Å²) in [6.45, 7) is 3.46. The predicted octanol–water partition coefficient (Wildman–Crippen LogP) is 2.10. The molecule has 0 aromatic heterocycles. The van der Waals surface area contributed by atoms with Gasteiger partial charge in [-0.3, -0.25) is 0 Å². The van der Waals surface area contributed by atoms with Crippen molar-refractivity contribution < 1.29 is 0 Å². The van der Waals surface area contributed by atoms with Crippen LogP contribution in [-0.4, -0.2) is 6.21 Å². The molecular weight excluding hydrogens is 154 g/mol. The fourth-order valence-corrected chi connectivity index (χ4v) is 0.280. The summed E-state index contributed by atoms with van der Waals surface area (Å²) < 4.78 is 0.836. The summed E-state index contributed by atoms with van der Waals surface area (Å²) in [5, 5.41) is 6.56. The van der Waals surface area contributed by atoms with Gasteiger partial charge in [0.05, 0.1) is 0 Å². The third kappa shape index (κ3) is 3.46. The van der Waals surface area contributed by atoms with Gasteiger partial charge in [0.2, 0.25) is 0 Å². The van der Waals surface area contributed by atoms with Crippen LogP contribution in [-0.2, 0) is 0 Å². The van der Waals surface area contributed by atoms with Gasteiger partial charge in [0.15, 0.2) is 0 Å². The number of halogens is 1. The van der Waals surface area contributed by atoms with Crippen molar-refractivity contribution in [2.75, 3.05) is 0 Å². The first-order valence-corrected chi connectivity index (χ1v) is 2.59. The molecule has 0 saturated carbocycles. The Morgan fingerprint density at radius 1 is 1.71 bits per heavy atom. The first-order chi connectivity index (χ1) is 3.31. The fourth-order valence-electron chi connectivity index (χ4n) is 0.148. The van der Waals surface area contributed by atoms with Crippen LogP contribution in [0.2, 0.25) is 0 Å². The SMILES string of the molecule is C=C/C(Br)=C\C=N. The second kappa shape index (κ2) is 3.81. The largest absolute Gasteiger partial charge is 0.309 e. The Kier molecular flexibility index (Phi) is 3.61. The lowest BCUT2D eigenvalue weighted by molar-refractivity contribution is 1.58. The second-order valence-electron chi connectivity index (χ2n) is 0.922. The van der Waals surface area contributed by atoms with Gasteiger partial charge in [0, 0.05) is 10.7 Å². The van der Waals surface area contributed by atoms with Crippen molar-refractivity contribution in [3.05, 3.63) is 23.2 Å². The summed E-state index contributed by atoms with van der Waals surface area (Å²) in [5.41, 5.74) is 0. The molecule has 38 valence electrons. The van der Waals surface area contributed by atoms with E-state index in [0.29, 0.717) is 0 Å². The number of allylic oxidation sites excluding steroid dienone is 3. The molecule has 0 rings (SSSR count). The molecule has 1 N–H and O–H groups in total. The summed E-state index contributed by atoms with van der Waals surface area (Å²) in [7, 11) is 0. The van der Waals surface area contributed by atoms with E-state index >= 15 is 0 Å². The number of rotatable bonds is 2. The Morgan fingerprint density at radius 2 is 2.29 bits per heavy atom.